The van der Waals surface area contributed by atoms with Gasteiger partial charge in [0.05, 0.1) is 0 Å². The first-order chi connectivity index (χ1) is 9.70. The molecule has 1 aliphatic heterocycles. The van der Waals surface area contributed by atoms with E-state index in [4.69, 9.17) is 9.47 Å². The van der Waals surface area contributed by atoms with Gasteiger partial charge in [-0.1, -0.05) is 13.8 Å². The highest BCUT2D eigenvalue weighted by molar-refractivity contribution is 7.98. The van der Waals surface area contributed by atoms with Crippen molar-refractivity contribution in [2.24, 2.45) is 5.92 Å². The summed E-state index contributed by atoms with van der Waals surface area (Å²) in [5, 5.41) is 3.53. The molecule has 0 bridgehead atoms. The van der Waals surface area contributed by atoms with Crippen molar-refractivity contribution < 1.29 is 9.47 Å². The number of hydrogen-bond donors (Lipinski definition) is 1. The van der Waals surface area contributed by atoms with Crippen molar-refractivity contribution in [1.29, 1.82) is 0 Å². The van der Waals surface area contributed by atoms with Crippen LogP contribution in [0.3, 0.4) is 0 Å². The summed E-state index contributed by atoms with van der Waals surface area (Å²) in [4.78, 5) is 1.27. The number of rotatable bonds is 7. The average Bonchev–Trinajstić information content (AvgIpc) is 2.45. The van der Waals surface area contributed by atoms with E-state index in [0.717, 1.165) is 30.5 Å². The molecule has 1 aromatic carbocycles. The number of benzene rings is 1. The van der Waals surface area contributed by atoms with E-state index in [1.54, 1.807) is 11.8 Å². The molecule has 0 fully saturated rings. The SMILES string of the molecule is CSc1cc2c(cc1CNCCCC(C)C)OCCO2. The Morgan fingerprint density at radius 3 is 2.55 bits per heavy atom. The van der Waals surface area contributed by atoms with Crippen molar-refractivity contribution in [1.82, 2.24) is 5.32 Å². The number of ether oxygens (including phenoxy) is 2. The highest BCUT2D eigenvalue weighted by Crippen LogP contribution is 2.36. The third-order valence-electron chi connectivity index (χ3n) is 3.40. The number of hydrogen-bond acceptors (Lipinski definition) is 4. The fourth-order valence-corrected chi connectivity index (χ4v) is 2.92. The van der Waals surface area contributed by atoms with Gasteiger partial charge < -0.3 is 14.8 Å². The van der Waals surface area contributed by atoms with Crippen LogP contribution in [0.2, 0.25) is 0 Å². The van der Waals surface area contributed by atoms with Crippen LogP contribution in [-0.2, 0) is 6.54 Å². The third kappa shape index (κ3) is 4.32. The zero-order valence-electron chi connectivity index (χ0n) is 12.7. The van der Waals surface area contributed by atoms with Crippen molar-refractivity contribution in [3.8, 4) is 11.5 Å². The lowest BCUT2D eigenvalue weighted by Crippen LogP contribution is -2.18. The monoisotopic (exact) mass is 295 g/mol. The highest BCUT2D eigenvalue weighted by Gasteiger charge is 2.15. The van der Waals surface area contributed by atoms with Gasteiger partial charge in [0.15, 0.2) is 11.5 Å². The minimum atomic E-state index is 0.646. The van der Waals surface area contributed by atoms with Gasteiger partial charge in [0.25, 0.3) is 0 Å². The predicted octanol–water partition coefficient (Wildman–Crippen LogP) is 3.71. The molecule has 0 saturated heterocycles. The van der Waals surface area contributed by atoms with Crippen LogP contribution in [0.1, 0.15) is 32.3 Å². The summed E-state index contributed by atoms with van der Waals surface area (Å²) < 4.78 is 11.3. The topological polar surface area (TPSA) is 30.5 Å². The highest BCUT2D eigenvalue weighted by atomic mass is 32.2. The number of thioether (sulfide) groups is 1. The Labute approximate surface area is 126 Å². The molecular weight excluding hydrogens is 270 g/mol. The molecule has 112 valence electrons. The lowest BCUT2D eigenvalue weighted by atomic mass is 10.1. The van der Waals surface area contributed by atoms with Gasteiger partial charge in [-0.2, -0.15) is 0 Å². The minimum absolute atomic E-state index is 0.646. The summed E-state index contributed by atoms with van der Waals surface area (Å²) in [6.45, 7) is 7.80. The maximum absolute atomic E-state index is 5.66. The van der Waals surface area contributed by atoms with Gasteiger partial charge in [-0.05, 0) is 49.3 Å². The van der Waals surface area contributed by atoms with E-state index in [1.165, 1.54) is 23.3 Å². The molecule has 1 heterocycles. The second-order valence-electron chi connectivity index (χ2n) is 5.52. The molecule has 0 spiro atoms. The molecule has 4 heteroatoms. The zero-order valence-corrected chi connectivity index (χ0v) is 13.5. The van der Waals surface area contributed by atoms with Crippen LogP contribution in [0.15, 0.2) is 17.0 Å². The molecule has 0 radical (unpaired) electrons. The second kappa shape index (κ2) is 7.79. The summed E-state index contributed by atoms with van der Waals surface area (Å²) in [6.07, 6.45) is 4.62. The lowest BCUT2D eigenvalue weighted by Gasteiger charge is -2.21. The van der Waals surface area contributed by atoms with Crippen molar-refractivity contribution in [3.05, 3.63) is 17.7 Å². The zero-order chi connectivity index (χ0) is 14.4. The Morgan fingerprint density at radius 1 is 1.20 bits per heavy atom. The van der Waals surface area contributed by atoms with Crippen LogP contribution < -0.4 is 14.8 Å². The molecule has 20 heavy (non-hydrogen) atoms. The van der Waals surface area contributed by atoms with Crippen LogP contribution >= 0.6 is 11.8 Å². The molecule has 1 aliphatic rings. The van der Waals surface area contributed by atoms with Crippen LogP contribution in [0.5, 0.6) is 11.5 Å². The molecule has 1 aromatic rings. The Morgan fingerprint density at radius 2 is 1.90 bits per heavy atom. The Hall–Kier alpha value is -0.870. The molecular formula is C16H25NO2S. The predicted molar refractivity (Wildman–Crippen MR) is 85.0 cm³/mol. The van der Waals surface area contributed by atoms with Crippen LogP contribution in [0, 0.1) is 5.92 Å². The molecule has 0 atom stereocenters. The number of fused-ring (bicyclic) bond motifs is 1. The van der Waals surface area contributed by atoms with E-state index in [0.29, 0.717) is 13.2 Å². The van der Waals surface area contributed by atoms with Crippen LogP contribution in [-0.4, -0.2) is 26.0 Å². The second-order valence-corrected chi connectivity index (χ2v) is 6.37. The molecule has 3 nitrogen and oxygen atoms in total. The maximum Gasteiger partial charge on any atom is 0.162 e. The maximum atomic E-state index is 5.66. The van der Waals surface area contributed by atoms with Crippen molar-refractivity contribution >= 4 is 11.8 Å². The van der Waals surface area contributed by atoms with Gasteiger partial charge in [-0.15, -0.1) is 11.8 Å². The first-order valence-corrected chi connectivity index (χ1v) is 8.60. The summed E-state index contributed by atoms with van der Waals surface area (Å²) >= 11 is 1.76. The molecule has 1 N–H and O–H groups in total. The molecule has 0 saturated carbocycles. The minimum Gasteiger partial charge on any atom is -0.486 e. The Kier molecular flexibility index (Phi) is 6.05. The number of nitrogens with one attached hydrogen (secondary N) is 1. The van der Waals surface area contributed by atoms with E-state index in [1.807, 2.05) is 0 Å². The first kappa shape index (κ1) is 15.5. The molecule has 0 amide bonds. The van der Waals surface area contributed by atoms with Gasteiger partial charge >= 0.3 is 0 Å². The van der Waals surface area contributed by atoms with E-state index >= 15 is 0 Å². The van der Waals surface area contributed by atoms with Crippen molar-refractivity contribution in [2.45, 2.75) is 38.1 Å². The van der Waals surface area contributed by atoms with Gasteiger partial charge in [0.2, 0.25) is 0 Å². The summed E-state index contributed by atoms with van der Waals surface area (Å²) in [6, 6.07) is 4.22. The van der Waals surface area contributed by atoms with Crippen LogP contribution in [0.25, 0.3) is 0 Å². The third-order valence-corrected chi connectivity index (χ3v) is 4.22. The molecule has 0 unspecified atom stereocenters. The van der Waals surface area contributed by atoms with Gasteiger partial charge in [-0.3, -0.25) is 0 Å². The molecule has 2 rings (SSSR count). The molecule has 0 aliphatic carbocycles. The Bertz CT molecular complexity index is 435. The fraction of sp³-hybridized carbons (Fsp3) is 0.625. The molecule has 0 aromatic heterocycles. The van der Waals surface area contributed by atoms with Crippen molar-refractivity contribution in [2.75, 3.05) is 26.0 Å². The van der Waals surface area contributed by atoms with Gasteiger partial charge in [0, 0.05) is 11.4 Å². The summed E-state index contributed by atoms with van der Waals surface area (Å²) in [7, 11) is 0. The van der Waals surface area contributed by atoms with Crippen molar-refractivity contribution in [3.63, 3.8) is 0 Å². The van der Waals surface area contributed by atoms with Gasteiger partial charge in [0.1, 0.15) is 13.2 Å². The van der Waals surface area contributed by atoms with E-state index in [9.17, 15) is 0 Å². The smallest absolute Gasteiger partial charge is 0.162 e. The first-order valence-electron chi connectivity index (χ1n) is 7.38. The summed E-state index contributed by atoms with van der Waals surface area (Å²) in [5.74, 6) is 2.55. The largest absolute Gasteiger partial charge is 0.486 e. The van der Waals surface area contributed by atoms with E-state index < -0.39 is 0 Å². The summed E-state index contributed by atoms with van der Waals surface area (Å²) in [5.41, 5.74) is 1.30. The van der Waals surface area contributed by atoms with E-state index in [2.05, 4.69) is 37.6 Å². The van der Waals surface area contributed by atoms with Crippen LogP contribution in [0.4, 0.5) is 0 Å². The Balaban J connectivity index is 1.92. The normalized spacial score (nSPS) is 13.8. The van der Waals surface area contributed by atoms with E-state index in [-0.39, 0.29) is 0 Å². The average molecular weight is 295 g/mol. The lowest BCUT2D eigenvalue weighted by molar-refractivity contribution is 0.171. The fourth-order valence-electron chi connectivity index (χ4n) is 2.30. The van der Waals surface area contributed by atoms with Gasteiger partial charge in [-0.25, -0.2) is 0 Å². The quantitative estimate of drug-likeness (QED) is 0.613. The standard InChI is InChI=1S/C16H25NO2S/c1-12(2)5-4-6-17-11-13-9-14-15(10-16(13)20-3)19-8-7-18-14/h9-10,12,17H,4-8,11H2,1-3H3.